The lowest BCUT2D eigenvalue weighted by molar-refractivity contribution is -0.0228. The third-order valence-corrected chi connectivity index (χ3v) is 6.05. The van der Waals surface area contributed by atoms with Crippen LogP contribution in [0.2, 0.25) is 0 Å². The first-order chi connectivity index (χ1) is 22.2. The number of anilines is 2. The van der Waals surface area contributed by atoms with Gasteiger partial charge in [-0.1, -0.05) is 13.3 Å². The van der Waals surface area contributed by atoms with Crippen molar-refractivity contribution in [2.45, 2.75) is 19.8 Å². The summed E-state index contributed by atoms with van der Waals surface area (Å²) in [6.07, 6.45) is 2.24. The largest absolute Gasteiger partial charge is 0.491 e. The van der Waals surface area contributed by atoms with Gasteiger partial charge in [-0.3, -0.25) is 0 Å². The van der Waals surface area contributed by atoms with E-state index in [1.807, 2.05) is 24.3 Å². The molecule has 2 rings (SSSR count). The Morgan fingerprint density at radius 2 is 1.00 bits per heavy atom. The third kappa shape index (κ3) is 21.4. The maximum absolute atomic E-state index is 12.1. The summed E-state index contributed by atoms with van der Waals surface area (Å²) in [5, 5.41) is 3.32. The minimum Gasteiger partial charge on any atom is -0.491 e. The summed E-state index contributed by atoms with van der Waals surface area (Å²) in [4.78, 5) is 12.1. The molecule has 0 spiro atoms. The Bertz CT molecular complexity index is 963. The van der Waals surface area contributed by atoms with Crippen molar-refractivity contribution in [1.29, 1.82) is 0 Å². The predicted octanol–water partition coefficient (Wildman–Crippen LogP) is 3.83. The number of carbonyl (C=O) groups excluding carboxylic acids is 1. The second-order valence-corrected chi connectivity index (χ2v) is 9.70. The first kappa shape index (κ1) is 38.2. The number of nitrogens with one attached hydrogen (secondary N) is 1. The monoisotopic (exact) mass is 636 g/mol. The van der Waals surface area contributed by atoms with Crippen molar-refractivity contribution < 1.29 is 47.4 Å². The number of nitrogens with two attached hydrogens (primary N) is 1. The Kier molecular flexibility index (Phi) is 23.2. The van der Waals surface area contributed by atoms with Crippen LogP contribution < -0.4 is 15.8 Å². The van der Waals surface area contributed by atoms with Crippen LogP contribution in [0.15, 0.2) is 48.5 Å². The molecule has 0 aliphatic heterocycles. The van der Waals surface area contributed by atoms with Crippen LogP contribution in [-0.2, 0) is 37.9 Å². The van der Waals surface area contributed by atoms with Gasteiger partial charge >= 0.3 is 5.97 Å². The Morgan fingerprint density at radius 3 is 1.44 bits per heavy atom. The molecule has 0 saturated heterocycles. The first-order valence-electron chi connectivity index (χ1n) is 15.7. The molecule has 0 aliphatic rings. The molecule has 0 aromatic heterocycles. The molecule has 0 saturated carbocycles. The highest BCUT2D eigenvalue weighted by molar-refractivity contribution is 5.89. The van der Waals surface area contributed by atoms with Crippen LogP contribution in [0.5, 0.6) is 5.75 Å². The Labute approximate surface area is 267 Å². The van der Waals surface area contributed by atoms with Crippen LogP contribution >= 0.6 is 0 Å². The maximum atomic E-state index is 12.1. The number of hydrogen-bond donors (Lipinski definition) is 2. The van der Waals surface area contributed by atoms with E-state index in [0.29, 0.717) is 110 Å². The van der Waals surface area contributed by atoms with E-state index in [2.05, 4.69) is 12.2 Å². The minimum absolute atomic E-state index is 0.191. The molecule has 2 aromatic carbocycles. The zero-order chi connectivity index (χ0) is 32.0. The Hall–Kier alpha value is -2.97. The number of ether oxygens (including phenoxy) is 9. The van der Waals surface area contributed by atoms with Gasteiger partial charge in [0.25, 0.3) is 0 Å². The number of benzene rings is 2. The Morgan fingerprint density at radius 1 is 0.578 bits per heavy atom. The van der Waals surface area contributed by atoms with Gasteiger partial charge in [0.1, 0.15) is 19.0 Å². The van der Waals surface area contributed by atoms with Crippen LogP contribution in [0.4, 0.5) is 11.4 Å². The maximum Gasteiger partial charge on any atom is 0.338 e. The molecule has 254 valence electrons. The third-order valence-electron chi connectivity index (χ3n) is 6.05. The Balaban J connectivity index is 1.22. The highest BCUT2D eigenvalue weighted by Crippen LogP contribution is 2.13. The minimum atomic E-state index is -0.360. The fourth-order valence-corrected chi connectivity index (χ4v) is 3.61. The summed E-state index contributed by atoms with van der Waals surface area (Å²) in [5.41, 5.74) is 7.86. The summed E-state index contributed by atoms with van der Waals surface area (Å²) < 4.78 is 49.1. The second-order valence-electron chi connectivity index (χ2n) is 9.70. The number of nitrogen functional groups attached to an aromatic ring is 1. The van der Waals surface area contributed by atoms with Gasteiger partial charge in [-0.05, 0) is 55.0 Å². The molecule has 2 aromatic rings. The van der Waals surface area contributed by atoms with Crippen molar-refractivity contribution in [1.82, 2.24) is 0 Å². The molecule has 0 amide bonds. The molecular weight excluding hydrogens is 584 g/mol. The van der Waals surface area contributed by atoms with Gasteiger partial charge in [-0.15, -0.1) is 0 Å². The van der Waals surface area contributed by atoms with Crippen molar-refractivity contribution >= 4 is 17.3 Å². The average Bonchev–Trinajstić information content (AvgIpc) is 3.06. The molecule has 0 radical (unpaired) electrons. The quantitative estimate of drug-likeness (QED) is 0.0732. The molecule has 0 aliphatic carbocycles. The zero-order valence-electron chi connectivity index (χ0n) is 26.7. The van der Waals surface area contributed by atoms with Crippen LogP contribution in [0.25, 0.3) is 0 Å². The zero-order valence-corrected chi connectivity index (χ0v) is 26.7. The SMILES string of the molecule is CCCCNc1ccc(C(=O)OCCOCCOCCOCCOCCOCCOCCOCCOc2ccc(N)cc2)cc1. The lowest BCUT2D eigenvalue weighted by atomic mass is 10.2. The van der Waals surface area contributed by atoms with Crippen LogP contribution in [0.3, 0.4) is 0 Å². The molecule has 12 heteroatoms. The van der Waals surface area contributed by atoms with Crippen LogP contribution in [-0.4, -0.2) is 118 Å². The van der Waals surface area contributed by atoms with E-state index < -0.39 is 0 Å². The van der Waals surface area contributed by atoms with E-state index in [4.69, 9.17) is 48.4 Å². The van der Waals surface area contributed by atoms with Gasteiger partial charge in [0.2, 0.25) is 0 Å². The van der Waals surface area contributed by atoms with E-state index in [1.54, 1.807) is 24.3 Å². The topological polar surface area (TPSA) is 138 Å². The molecule has 0 heterocycles. The number of unbranched alkanes of at least 4 members (excludes halogenated alkanes) is 1. The van der Waals surface area contributed by atoms with Crippen LogP contribution in [0.1, 0.15) is 30.1 Å². The first-order valence-corrected chi connectivity index (χ1v) is 15.7. The molecule has 45 heavy (non-hydrogen) atoms. The fraction of sp³-hybridized carbons (Fsp3) is 0.606. The second kappa shape index (κ2) is 27.3. The summed E-state index contributed by atoms with van der Waals surface area (Å²) in [6.45, 7) is 10.3. The number of carbonyl (C=O) groups is 1. The van der Waals surface area contributed by atoms with E-state index in [-0.39, 0.29) is 12.6 Å². The van der Waals surface area contributed by atoms with E-state index in [0.717, 1.165) is 30.8 Å². The molecule has 0 fully saturated rings. The van der Waals surface area contributed by atoms with Gasteiger partial charge in [-0.25, -0.2) is 4.79 Å². The van der Waals surface area contributed by atoms with Crippen molar-refractivity contribution in [2.75, 3.05) is 123 Å². The molecule has 0 unspecified atom stereocenters. The van der Waals surface area contributed by atoms with Crippen molar-refractivity contribution in [3.8, 4) is 5.75 Å². The number of esters is 1. The van der Waals surface area contributed by atoms with E-state index in [9.17, 15) is 4.79 Å². The summed E-state index contributed by atoms with van der Waals surface area (Å²) >= 11 is 0. The highest BCUT2D eigenvalue weighted by Gasteiger charge is 2.06. The summed E-state index contributed by atoms with van der Waals surface area (Å²) in [7, 11) is 0. The molecule has 0 bridgehead atoms. The van der Waals surface area contributed by atoms with Gasteiger partial charge < -0.3 is 53.7 Å². The average molecular weight is 637 g/mol. The predicted molar refractivity (Wildman–Crippen MR) is 172 cm³/mol. The van der Waals surface area contributed by atoms with Gasteiger partial charge in [-0.2, -0.15) is 0 Å². The summed E-state index contributed by atoms with van der Waals surface area (Å²) in [5.74, 6) is 0.408. The van der Waals surface area contributed by atoms with Crippen molar-refractivity contribution in [3.05, 3.63) is 54.1 Å². The summed E-state index contributed by atoms with van der Waals surface area (Å²) in [6, 6.07) is 14.5. The molecule has 12 nitrogen and oxygen atoms in total. The molecule has 0 atom stereocenters. The van der Waals surface area contributed by atoms with Gasteiger partial charge in [0.05, 0.1) is 98.1 Å². The molecular formula is C33H52N2O10. The van der Waals surface area contributed by atoms with Crippen molar-refractivity contribution in [2.24, 2.45) is 0 Å². The van der Waals surface area contributed by atoms with Crippen molar-refractivity contribution in [3.63, 3.8) is 0 Å². The van der Waals surface area contributed by atoms with E-state index in [1.165, 1.54) is 0 Å². The lowest BCUT2D eigenvalue weighted by Crippen LogP contribution is -2.15. The fourth-order valence-electron chi connectivity index (χ4n) is 3.61. The van der Waals surface area contributed by atoms with Gasteiger partial charge in [0.15, 0.2) is 0 Å². The lowest BCUT2D eigenvalue weighted by Gasteiger charge is -2.09. The highest BCUT2D eigenvalue weighted by atomic mass is 16.6. The number of rotatable bonds is 30. The van der Waals surface area contributed by atoms with Crippen LogP contribution in [0, 0.1) is 0 Å². The standard InChI is InChI=1S/C33H52N2O10/c1-2-3-12-35-31-8-4-29(5-9-31)33(36)45-28-26-43-24-22-41-20-18-39-16-14-37-13-15-38-17-19-40-21-23-42-25-27-44-32-10-6-30(34)7-11-32/h4-11,35H,2-3,12-28,34H2,1H3. The smallest absolute Gasteiger partial charge is 0.338 e. The van der Waals surface area contributed by atoms with E-state index >= 15 is 0 Å². The van der Waals surface area contributed by atoms with Gasteiger partial charge in [0, 0.05) is 17.9 Å². The molecule has 3 N–H and O–H groups in total. The number of hydrogen-bond acceptors (Lipinski definition) is 12. The normalized spacial score (nSPS) is 11.0.